The number of hydrogen-bond donors (Lipinski definition) is 1. The Hall–Kier alpha value is -3.33. The number of benzene rings is 2. The molecule has 2 aromatic heterocycles. The van der Waals surface area contributed by atoms with Gasteiger partial charge in [-0.2, -0.15) is 18.3 Å². The first-order chi connectivity index (χ1) is 14.9. The van der Waals surface area contributed by atoms with E-state index in [0.717, 1.165) is 6.20 Å². The quantitative estimate of drug-likeness (QED) is 0.391. The van der Waals surface area contributed by atoms with Crippen molar-refractivity contribution in [2.75, 3.05) is 5.32 Å². The Labute approximate surface area is 186 Å². The van der Waals surface area contributed by atoms with Gasteiger partial charge in [0.1, 0.15) is 5.52 Å². The van der Waals surface area contributed by atoms with Gasteiger partial charge in [0.15, 0.2) is 11.3 Å². The Bertz CT molecular complexity index is 1320. The molecule has 0 spiro atoms. The maximum absolute atomic E-state index is 13.9. The van der Waals surface area contributed by atoms with Gasteiger partial charge in [0.2, 0.25) is 5.89 Å². The van der Waals surface area contributed by atoms with Gasteiger partial charge in [-0.05, 0) is 36.4 Å². The van der Waals surface area contributed by atoms with Crippen LogP contribution in [0, 0.1) is 0 Å². The molecule has 0 atom stereocenters. The van der Waals surface area contributed by atoms with Crippen LogP contribution < -0.4 is 5.32 Å². The molecule has 0 bridgehead atoms. The fourth-order valence-electron chi connectivity index (χ4n) is 3.12. The third kappa shape index (κ3) is 4.20. The minimum Gasteiger partial charge on any atom is -0.440 e. The smallest absolute Gasteiger partial charge is 0.434 e. The molecule has 0 aliphatic rings. The van der Waals surface area contributed by atoms with Crippen LogP contribution in [0.15, 0.2) is 53.1 Å². The summed E-state index contributed by atoms with van der Waals surface area (Å²) in [6.07, 6.45) is -3.95. The number of carbonyl (C=O) groups is 1. The normalized spacial score (nSPS) is 12.3. The van der Waals surface area contributed by atoms with E-state index in [1.54, 1.807) is 12.1 Å². The highest BCUT2D eigenvalue weighted by atomic mass is 35.5. The van der Waals surface area contributed by atoms with E-state index >= 15 is 0 Å². The van der Waals surface area contributed by atoms with Gasteiger partial charge in [-0.1, -0.05) is 38.4 Å². The molecule has 4 rings (SSSR count). The molecule has 0 fully saturated rings. The summed E-state index contributed by atoms with van der Waals surface area (Å²) < 4.78 is 47.9. The molecule has 1 amide bonds. The summed E-state index contributed by atoms with van der Waals surface area (Å²) in [4.78, 5) is 17.2. The van der Waals surface area contributed by atoms with E-state index in [1.807, 2.05) is 20.8 Å². The number of oxazole rings is 1. The van der Waals surface area contributed by atoms with Gasteiger partial charge in [-0.3, -0.25) is 4.79 Å². The maximum atomic E-state index is 13.9. The van der Waals surface area contributed by atoms with Crippen LogP contribution in [0.25, 0.3) is 16.8 Å². The van der Waals surface area contributed by atoms with Crippen molar-refractivity contribution >= 4 is 34.3 Å². The Morgan fingerprint density at radius 2 is 1.88 bits per heavy atom. The fraction of sp³-hybridized carbons (Fsp3) is 0.227. The summed E-state index contributed by atoms with van der Waals surface area (Å²) in [5.74, 6) is -0.442. The standard InChI is InChI=1S/C22H18ClF3N4O2/c1-21(2,3)20-29-16-10-13(7-8-17(16)32-20)28-19(31)15-11-27-30(18(15)22(24,25)26)14-6-4-5-12(23)9-14/h4-11H,1-3H3,(H,28,31). The highest BCUT2D eigenvalue weighted by molar-refractivity contribution is 6.30. The number of amides is 1. The van der Waals surface area contributed by atoms with Crippen LogP contribution in [-0.4, -0.2) is 20.7 Å². The van der Waals surface area contributed by atoms with E-state index in [1.165, 1.54) is 30.3 Å². The van der Waals surface area contributed by atoms with E-state index in [9.17, 15) is 18.0 Å². The number of anilines is 1. The largest absolute Gasteiger partial charge is 0.440 e. The van der Waals surface area contributed by atoms with Gasteiger partial charge in [-0.25, -0.2) is 9.67 Å². The van der Waals surface area contributed by atoms with Crippen LogP contribution in [0.1, 0.15) is 42.7 Å². The van der Waals surface area contributed by atoms with Gasteiger partial charge in [0.25, 0.3) is 5.91 Å². The Morgan fingerprint density at radius 3 is 2.53 bits per heavy atom. The summed E-state index contributed by atoms with van der Waals surface area (Å²) in [5, 5.41) is 6.52. The van der Waals surface area contributed by atoms with Crippen molar-refractivity contribution < 1.29 is 22.4 Å². The number of hydrogen-bond acceptors (Lipinski definition) is 4. The maximum Gasteiger partial charge on any atom is 0.434 e. The van der Waals surface area contributed by atoms with E-state index in [-0.39, 0.29) is 21.8 Å². The topological polar surface area (TPSA) is 73.0 Å². The van der Waals surface area contributed by atoms with Crippen LogP contribution in [0.4, 0.5) is 18.9 Å². The van der Waals surface area contributed by atoms with Crippen molar-refractivity contribution in [1.29, 1.82) is 0 Å². The van der Waals surface area contributed by atoms with E-state index in [4.69, 9.17) is 16.0 Å². The summed E-state index contributed by atoms with van der Waals surface area (Å²) in [5.41, 5.74) is -0.777. The first-order valence-corrected chi connectivity index (χ1v) is 9.95. The molecule has 0 aliphatic heterocycles. The molecule has 0 saturated heterocycles. The van der Waals surface area contributed by atoms with Crippen LogP contribution in [0.5, 0.6) is 0 Å². The van der Waals surface area contributed by atoms with Crippen molar-refractivity contribution in [2.24, 2.45) is 0 Å². The molecule has 2 heterocycles. The lowest BCUT2D eigenvalue weighted by Gasteiger charge is -2.13. The predicted octanol–water partition coefficient (Wildman–Crippen LogP) is 6.24. The SMILES string of the molecule is CC(C)(C)c1nc2cc(NC(=O)c3cnn(-c4cccc(Cl)c4)c3C(F)(F)F)ccc2o1. The number of fused-ring (bicyclic) bond motifs is 1. The lowest BCUT2D eigenvalue weighted by atomic mass is 9.97. The second kappa shape index (κ2) is 7.67. The Morgan fingerprint density at radius 1 is 1.12 bits per heavy atom. The van der Waals surface area contributed by atoms with Crippen molar-refractivity contribution in [2.45, 2.75) is 32.4 Å². The summed E-state index contributed by atoms with van der Waals surface area (Å²) in [6.45, 7) is 5.82. The second-order valence-electron chi connectivity index (χ2n) is 8.20. The first kappa shape index (κ1) is 21.9. The lowest BCUT2D eigenvalue weighted by molar-refractivity contribution is -0.143. The third-order valence-electron chi connectivity index (χ3n) is 4.62. The molecule has 1 N–H and O–H groups in total. The molecule has 0 aliphatic carbocycles. The van der Waals surface area contributed by atoms with Crippen molar-refractivity contribution in [3.63, 3.8) is 0 Å². The van der Waals surface area contributed by atoms with E-state index in [2.05, 4.69) is 15.4 Å². The first-order valence-electron chi connectivity index (χ1n) is 9.57. The average Bonchev–Trinajstić information content (AvgIpc) is 3.32. The molecular formula is C22H18ClF3N4O2. The van der Waals surface area contributed by atoms with Gasteiger partial charge >= 0.3 is 6.18 Å². The van der Waals surface area contributed by atoms with Gasteiger partial charge in [0.05, 0.1) is 17.4 Å². The van der Waals surface area contributed by atoms with Crippen LogP contribution in [-0.2, 0) is 11.6 Å². The van der Waals surface area contributed by atoms with E-state index in [0.29, 0.717) is 21.7 Å². The van der Waals surface area contributed by atoms with Gasteiger partial charge in [-0.15, -0.1) is 0 Å². The molecule has 0 saturated carbocycles. The van der Waals surface area contributed by atoms with Gasteiger partial charge < -0.3 is 9.73 Å². The van der Waals surface area contributed by atoms with Crippen LogP contribution in [0.2, 0.25) is 5.02 Å². The predicted molar refractivity (Wildman–Crippen MR) is 114 cm³/mol. The van der Waals surface area contributed by atoms with Crippen molar-refractivity contribution in [1.82, 2.24) is 14.8 Å². The molecule has 32 heavy (non-hydrogen) atoms. The van der Waals surface area contributed by atoms with Crippen LogP contribution >= 0.6 is 11.6 Å². The molecule has 166 valence electrons. The number of nitrogens with zero attached hydrogens (tertiary/aromatic N) is 3. The lowest BCUT2D eigenvalue weighted by Crippen LogP contribution is -2.20. The van der Waals surface area contributed by atoms with Crippen LogP contribution in [0.3, 0.4) is 0 Å². The molecule has 10 heteroatoms. The Balaban J connectivity index is 1.69. The van der Waals surface area contributed by atoms with Crippen molar-refractivity contribution in [3.8, 4) is 5.69 Å². The summed E-state index contributed by atoms with van der Waals surface area (Å²) in [7, 11) is 0. The summed E-state index contributed by atoms with van der Waals surface area (Å²) >= 11 is 5.90. The number of rotatable bonds is 3. The molecule has 2 aromatic carbocycles. The third-order valence-corrected chi connectivity index (χ3v) is 4.86. The zero-order valence-corrected chi connectivity index (χ0v) is 18.0. The highest BCUT2D eigenvalue weighted by Gasteiger charge is 2.40. The fourth-order valence-corrected chi connectivity index (χ4v) is 3.30. The number of carbonyl (C=O) groups excluding carboxylic acids is 1. The number of alkyl halides is 3. The number of aromatic nitrogens is 3. The average molecular weight is 463 g/mol. The minimum absolute atomic E-state index is 0.0857. The molecule has 6 nitrogen and oxygen atoms in total. The van der Waals surface area contributed by atoms with Crippen molar-refractivity contribution in [3.05, 3.63) is 70.8 Å². The molecular weight excluding hydrogens is 445 g/mol. The molecule has 0 unspecified atom stereocenters. The number of halogens is 4. The monoisotopic (exact) mass is 462 g/mol. The zero-order chi connectivity index (χ0) is 23.3. The Kier molecular flexibility index (Phi) is 5.24. The zero-order valence-electron chi connectivity index (χ0n) is 17.3. The number of nitrogens with one attached hydrogen (secondary N) is 1. The molecule has 0 radical (unpaired) electrons. The second-order valence-corrected chi connectivity index (χ2v) is 8.64. The highest BCUT2D eigenvalue weighted by Crippen LogP contribution is 2.34. The van der Waals surface area contributed by atoms with E-state index < -0.39 is 23.3 Å². The minimum atomic E-state index is -4.83. The van der Waals surface area contributed by atoms with Gasteiger partial charge in [0, 0.05) is 16.1 Å². The summed E-state index contributed by atoms with van der Waals surface area (Å²) in [6, 6.07) is 10.5. The molecule has 4 aromatic rings.